The maximum atomic E-state index is 12.4. The molecule has 0 radical (unpaired) electrons. The van der Waals surface area contributed by atoms with Crippen molar-refractivity contribution in [3.05, 3.63) is 0 Å². The Morgan fingerprint density at radius 2 is 1.00 bits per heavy atom. The van der Waals surface area contributed by atoms with Crippen molar-refractivity contribution in [1.29, 1.82) is 0 Å². The van der Waals surface area contributed by atoms with Crippen LogP contribution in [0.5, 0.6) is 0 Å². The molecule has 2 aliphatic rings. The molecule has 3 atom stereocenters. The first kappa shape index (κ1) is 51.0. The van der Waals surface area contributed by atoms with Gasteiger partial charge >= 0.3 is 11.9 Å². The first-order chi connectivity index (χ1) is 26.9. The van der Waals surface area contributed by atoms with E-state index in [1.807, 2.05) is 0 Å². The molecule has 7 nitrogen and oxygen atoms in total. The van der Waals surface area contributed by atoms with Crippen LogP contribution in [0, 0.1) is 35.5 Å². The molecule has 2 fully saturated rings. The highest BCUT2D eigenvalue weighted by atomic mass is 16.7. The van der Waals surface area contributed by atoms with Crippen LogP contribution in [-0.4, -0.2) is 68.2 Å². The normalized spacial score (nSPS) is 20.2. The van der Waals surface area contributed by atoms with E-state index in [2.05, 4.69) is 60.3 Å². The molecular formula is C49H93NO6. The van der Waals surface area contributed by atoms with Crippen LogP contribution in [0.2, 0.25) is 0 Å². The number of esters is 2. The van der Waals surface area contributed by atoms with Crippen LogP contribution < -0.4 is 0 Å². The highest BCUT2D eigenvalue weighted by Gasteiger charge is 2.40. The van der Waals surface area contributed by atoms with Crippen LogP contribution in [0.1, 0.15) is 216 Å². The summed E-state index contributed by atoms with van der Waals surface area (Å²) in [7, 11) is 0. The Balaban J connectivity index is 1.60. The minimum atomic E-state index is -0.400. The molecule has 2 rings (SSSR count). The minimum absolute atomic E-state index is 0.0160. The zero-order valence-electron chi connectivity index (χ0n) is 38.4. The maximum Gasteiger partial charge on any atom is 0.305 e. The molecule has 0 bridgehead atoms. The van der Waals surface area contributed by atoms with Gasteiger partial charge in [0, 0.05) is 32.2 Å². The number of hydrogen-bond donors (Lipinski definition) is 0. The minimum Gasteiger partial charge on any atom is -0.465 e. The van der Waals surface area contributed by atoms with Crippen molar-refractivity contribution in [3.63, 3.8) is 0 Å². The topological polar surface area (TPSA) is 74.3 Å². The van der Waals surface area contributed by atoms with Gasteiger partial charge in [0.15, 0.2) is 5.79 Å². The van der Waals surface area contributed by atoms with E-state index in [1.165, 1.54) is 90.1 Å². The van der Waals surface area contributed by atoms with Gasteiger partial charge in [0.05, 0.1) is 25.9 Å². The van der Waals surface area contributed by atoms with Crippen molar-refractivity contribution in [2.24, 2.45) is 35.5 Å². The second-order valence-electron chi connectivity index (χ2n) is 19.6. The van der Waals surface area contributed by atoms with Crippen LogP contribution in [-0.2, 0) is 28.5 Å². The maximum absolute atomic E-state index is 12.4. The summed E-state index contributed by atoms with van der Waals surface area (Å²) in [5, 5.41) is 0. The molecule has 0 aromatic heterocycles. The van der Waals surface area contributed by atoms with Crippen molar-refractivity contribution in [2.45, 2.75) is 228 Å². The molecule has 0 aromatic rings. The Morgan fingerprint density at radius 1 is 0.589 bits per heavy atom. The molecule has 3 unspecified atom stereocenters. The van der Waals surface area contributed by atoms with Crippen molar-refractivity contribution < 1.29 is 28.5 Å². The van der Waals surface area contributed by atoms with Crippen molar-refractivity contribution in [3.8, 4) is 0 Å². The van der Waals surface area contributed by atoms with E-state index in [1.54, 1.807) is 0 Å². The van der Waals surface area contributed by atoms with Gasteiger partial charge in [0.2, 0.25) is 0 Å². The fraction of sp³-hybridized carbons (Fsp3) is 0.959. The fourth-order valence-corrected chi connectivity index (χ4v) is 8.43. The van der Waals surface area contributed by atoms with Crippen LogP contribution in [0.4, 0.5) is 0 Å². The first-order valence-electron chi connectivity index (χ1n) is 24.2. The number of ether oxygens (including phenoxy) is 4. The number of unbranched alkanes of at least 4 members (excludes halogenated alkanes) is 12. The summed E-state index contributed by atoms with van der Waals surface area (Å²) in [6, 6.07) is 0. The number of hydrogen-bond acceptors (Lipinski definition) is 7. The molecule has 0 N–H and O–H groups in total. The first-order valence-corrected chi connectivity index (χ1v) is 24.2. The molecule has 0 saturated carbocycles. The molecule has 330 valence electrons. The van der Waals surface area contributed by atoms with E-state index < -0.39 is 5.79 Å². The van der Waals surface area contributed by atoms with Gasteiger partial charge in [0.25, 0.3) is 0 Å². The Morgan fingerprint density at radius 3 is 1.41 bits per heavy atom. The summed E-state index contributed by atoms with van der Waals surface area (Å²) in [5.41, 5.74) is 0. The van der Waals surface area contributed by atoms with E-state index >= 15 is 0 Å². The smallest absolute Gasteiger partial charge is 0.305 e. The summed E-state index contributed by atoms with van der Waals surface area (Å²) in [6.45, 7) is 23.5. The summed E-state index contributed by atoms with van der Waals surface area (Å²) in [4.78, 5) is 27.3. The Labute approximate surface area is 347 Å². The number of likely N-dealkylation sites (tertiary alicyclic amines) is 1. The lowest BCUT2D eigenvalue weighted by atomic mass is 9.89. The third-order valence-electron chi connectivity index (χ3n) is 12.8. The van der Waals surface area contributed by atoms with E-state index in [0.29, 0.717) is 61.6 Å². The van der Waals surface area contributed by atoms with Crippen LogP contribution >= 0.6 is 0 Å². The molecular weight excluding hydrogens is 699 g/mol. The number of carbonyl (C=O) groups excluding carboxylic acids is 2. The zero-order chi connectivity index (χ0) is 41.0. The Bertz CT molecular complexity index is 918. The molecule has 2 saturated heterocycles. The standard InChI is InChI=1S/C49H93NO6/c1-40(2)27-29-44(42(5)6)37-53-47(51)25-19-15-11-9-13-17-21-32-49(55-39-46(56-49)31-36-50-34-23-24-35-50)33-22-18-14-10-12-16-20-26-48(52)54-38-45(43(7)8)30-28-41(3)4/h40-46H,9-39H2,1-8H3. The van der Waals surface area contributed by atoms with Gasteiger partial charge in [-0.25, -0.2) is 0 Å². The van der Waals surface area contributed by atoms with Gasteiger partial charge in [-0.05, 0) is 106 Å². The fourth-order valence-electron chi connectivity index (χ4n) is 8.43. The van der Waals surface area contributed by atoms with Gasteiger partial charge in [0.1, 0.15) is 0 Å². The van der Waals surface area contributed by atoms with E-state index in [9.17, 15) is 9.59 Å². The number of rotatable bonds is 35. The predicted octanol–water partition coefficient (Wildman–Crippen LogP) is 13.1. The summed E-state index contributed by atoms with van der Waals surface area (Å²) in [6.07, 6.45) is 27.9. The van der Waals surface area contributed by atoms with Crippen molar-refractivity contribution in [1.82, 2.24) is 4.90 Å². The molecule has 7 heteroatoms. The largest absolute Gasteiger partial charge is 0.465 e. The van der Waals surface area contributed by atoms with E-state index in [0.717, 1.165) is 83.8 Å². The van der Waals surface area contributed by atoms with Gasteiger partial charge in [-0.3, -0.25) is 9.59 Å². The third-order valence-corrected chi connectivity index (χ3v) is 12.8. The molecule has 0 amide bonds. The summed E-state index contributed by atoms with van der Waals surface area (Å²) < 4.78 is 24.7. The van der Waals surface area contributed by atoms with E-state index in [4.69, 9.17) is 18.9 Å². The average Bonchev–Trinajstić information content (AvgIpc) is 3.82. The average molecular weight is 792 g/mol. The quantitative estimate of drug-likeness (QED) is 0.0467. The Hall–Kier alpha value is -1.18. The number of nitrogens with zero attached hydrogens (tertiary/aromatic N) is 1. The summed E-state index contributed by atoms with van der Waals surface area (Å²) >= 11 is 0. The highest BCUT2D eigenvalue weighted by molar-refractivity contribution is 5.69. The number of carbonyl (C=O) groups is 2. The predicted molar refractivity (Wildman–Crippen MR) is 234 cm³/mol. The zero-order valence-corrected chi connectivity index (χ0v) is 38.4. The van der Waals surface area contributed by atoms with Crippen LogP contribution in [0.15, 0.2) is 0 Å². The molecule has 0 aromatic carbocycles. The van der Waals surface area contributed by atoms with E-state index in [-0.39, 0.29) is 18.0 Å². The second-order valence-corrected chi connectivity index (χ2v) is 19.6. The van der Waals surface area contributed by atoms with Crippen LogP contribution in [0.3, 0.4) is 0 Å². The molecule has 0 aliphatic carbocycles. The molecule has 2 heterocycles. The molecule has 0 spiro atoms. The van der Waals surface area contributed by atoms with Gasteiger partial charge < -0.3 is 23.8 Å². The Kier molecular flexibility index (Phi) is 28.0. The second kappa shape index (κ2) is 30.8. The van der Waals surface area contributed by atoms with Crippen LogP contribution in [0.25, 0.3) is 0 Å². The lowest BCUT2D eigenvalue weighted by molar-refractivity contribution is -0.180. The molecule has 56 heavy (non-hydrogen) atoms. The highest BCUT2D eigenvalue weighted by Crippen LogP contribution is 2.36. The van der Waals surface area contributed by atoms with Gasteiger partial charge in [-0.2, -0.15) is 0 Å². The SMILES string of the molecule is CC(C)CCC(COC(=O)CCCCCCCCCC1(CCCCCCCCCC(=O)OCC(CCC(C)C)C(C)C)OCC(CCN2CCCC2)O1)C(C)C. The van der Waals surface area contributed by atoms with Crippen molar-refractivity contribution >= 4 is 11.9 Å². The molecule has 2 aliphatic heterocycles. The summed E-state index contributed by atoms with van der Waals surface area (Å²) in [5.74, 6) is 3.00. The third kappa shape index (κ3) is 24.7. The lowest BCUT2D eigenvalue weighted by Crippen LogP contribution is -2.32. The lowest BCUT2D eigenvalue weighted by Gasteiger charge is -2.29. The van der Waals surface area contributed by atoms with Gasteiger partial charge in [-0.15, -0.1) is 0 Å². The van der Waals surface area contributed by atoms with Gasteiger partial charge in [-0.1, -0.05) is 132 Å². The van der Waals surface area contributed by atoms with Crippen molar-refractivity contribution in [2.75, 3.05) is 39.5 Å². The monoisotopic (exact) mass is 792 g/mol.